The third kappa shape index (κ3) is 4.49. The van der Waals surface area contributed by atoms with Gasteiger partial charge in [-0.2, -0.15) is 0 Å². The molecule has 3 aromatic rings. The van der Waals surface area contributed by atoms with Crippen molar-refractivity contribution in [3.05, 3.63) is 46.1 Å². The number of hydrogen-bond donors (Lipinski definition) is 3. The van der Waals surface area contributed by atoms with E-state index in [0.717, 1.165) is 0 Å². The van der Waals surface area contributed by atoms with E-state index in [1.165, 1.54) is 6.20 Å². The summed E-state index contributed by atoms with van der Waals surface area (Å²) in [6.45, 7) is 0. The number of halogens is 4. The fourth-order valence-electron chi connectivity index (χ4n) is 3.60. The largest absolute Gasteiger partial charge is 0.349 e. The molecule has 0 saturated heterocycles. The molecule has 0 spiro atoms. The van der Waals surface area contributed by atoms with E-state index < -0.39 is 12.3 Å². The lowest BCUT2D eigenvalue weighted by atomic mass is 9.86. The van der Waals surface area contributed by atoms with Gasteiger partial charge in [0.05, 0.1) is 21.3 Å². The van der Waals surface area contributed by atoms with E-state index in [4.69, 9.17) is 23.2 Å². The summed E-state index contributed by atoms with van der Waals surface area (Å²) in [5.41, 5.74) is 1.86. The first kappa shape index (κ1) is 20.8. The standard InChI is InChI=1S/C20H19Cl2F2N5O/c21-13-2-1-3-14(22)16(13)28-20-27-15-8-11(9-25-18(15)29-20)19(30)26-12-6-4-10(5-7-12)17(23)24/h1-3,8-10,12,17H,4-7H2,(H,26,30)(H2,25,27,28,29)/t10-,12-. The van der Waals surface area contributed by atoms with Gasteiger partial charge in [-0.25, -0.2) is 18.7 Å². The first-order valence-corrected chi connectivity index (χ1v) is 10.3. The summed E-state index contributed by atoms with van der Waals surface area (Å²) in [5.74, 6) is -0.482. The molecule has 158 valence electrons. The van der Waals surface area contributed by atoms with Crippen LogP contribution < -0.4 is 10.6 Å². The van der Waals surface area contributed by atoms with Crippen LogP contribution in [0, 0.1) is 5.92 Å². The topological polar surface area (TPSA) is 82.7 Å². The molecule has 0 aliphatic heterocycles. The third-order valence-corrected chi connectivity index (χ3v) is 5.90. The summed E-state index contributed by atoms with van der Waals surface area (Å²) in [6.07, 6.45) is 1.08. The van der Waals surface area contributed by atoms with E-state index in [1.807, 2.05) is 0 Å². The molecule has 2 aromatic heterocycles. The summed E-state index contributed by atoms with van der Waals surface area (Å²) >= 11 is 12.3. The van der Waals surface area contributed by atoms with Crippen LogP contribution >= 0.6 is 23.2 Å². The minimum atomic E-state index is -2.30. The van der Waals surface area contributed by atoms with E-state index in [2.05, 4.69) is 25.6 Å². The number of alkyl halides is 2. The van der Waals surface area contributed by atoms with Gasteiger partial charge in [-0.3, -0.25) is 4.79 Å². The summed E-state index contributed by atoms with van der Waals surface area (Å²) < 4.78 is 25.6. The number of aromatic amines is 1. The first-order chi connectivity index (χ1) is 14.4. The van der Waals surface area contributed by atoms with Gasteiger partial charge in [0.15, 0.2) is 5.65 Å². The number of aromatic nitrogens is 3. The maximum atomic E-state index is 12.8. The fraction of sp³-hybridized carbons (Fsp3) is 0.350. The van der Waals surface area contributed by atoms with E-state index in [1.54, 1.807) is 24.3 Å². The predicted octanol–water partition coefficient (Wildman–Crippen LogP) is 5.56. The number of hydrogen-bond acceptors (Lipinski definition) is 4. The van der Waals surface area contributed by atoms with Crippen molar-refractivity contribution in [2.45, 2.75) is 38.2 Å². The highest BCUT2D eigenvalue weighted by Gasteiger charge is 2.28. The number of benzene rings is 1. The second-order valence-corrected chi connectivity index (χ2v) is 8.13. The Kier molecular flexibility index (Phi) is 6.06. The van der Waals surface area contributed by atoms with E-state index in [9.17, 15) is 13.6 Å². The molecule has 0 radical (unpaired) electrons. The van der Waals surface area contributed by atoms with Gasteiger partial charge in [-0.1, -0.05) is 29.3 Å². The molecular formula is C20H19Cl2F2N5O. The maximum Gasteiger partial charge on any atom is 0.253 e. The molecule has 1 saturated carbocycles. The smallest absolute Gasteiger partial charge is 0.253 e. The highest BCUT2D eigenvalue weighted by Crippen LogP contribution is 2.32. The van der Waals surface area contributed by atoms with Crippen molar-refractivity contribution in [2.24, 2.45) is 5.92 Å². The molecule has 1 aliphatic carbocycles. The summed E-state index contributed by atoms with van der Waals surface area (Å²) in [4.78, 5) is 24.2. The van der Waals surface area contributed by atoms with Crippen molar-refractivity contribution in [3.8, 4) is 0 Å². The number of carbonyl (C=O) groups is 1. The number of amides is 1. The lowest BCUT2D eigenvalue weighted by Gasteiger charge is -2.28. The van der Waals surface area contributed by atoms with Crippen LogP contribution in [0.1, 0.15) is 36.0 Å². The number of H-pyrrole nitrogens is 1. The maximum absolute atomic E-state index is 12.8. The van der Waals surface area contributed by atoms with Crippen molar-refractivity contribution in [2.75, 3.05) is 5.32 Å². The Hall–Kier alpha value is -2.45. The number of para-hydroxylation sites is 1. The predicted molar refractivity (Wildman–Crippen MR) is 113 cm³/mol. The summed E-state index contributed by atoms with van der Waals surface area (Å²) in [5, 5.41) is 6.82. The molecule has 1 amide bonds. The quantitative estimate of drug-likeness (QED) is 0.471. The van der Waals surface area contributed by atoms with Crippen molar-refractivity contribution >= 4 is 51.9 Å². The third-order valence-electron chi connectivity index (χ3n) is 5.27. The molecule has 1 aromatic carbocycles. The van der Waals surface area contributed by atoms with Gasteiger partial charge in [0.2, 0.25) is 12.4 Å². The average Bonchev–Trinajstić information content (AvgIpc) is 3.13. The normalized spacial score (nSPS) is 19.2. The van der Waals surface area contributed by atoms with Gasteiger partial charge in [0.1, 0.15) is 5.52 Å². The highest BCUT2D eigenvalue weighted by atomic mass is 35.5. The Balaban J connectivity index is 1.45. The van der Waals surface area contributed by atoms with E-state index >= 15 is 0 Å². The van der Waals surface area contributed by atoms with E-state index in [0.29, 0.717) is 64.1 Å². The lowest BCUT2D eigenvalue weighted by molar-refractivity contribution is 0.0499. The molecule has 1 fully saturated rings. The SMILES string of the molecule is O=C(N[C@H]1CC[C@H](C(F)F)CC1)c1cnc2[nH]c(Nc3c(Cl)cccc3Cl)nc2c1. The Labute approximate surface area is 181 Å². The Morgan fingerprint density at radius 2 is 1.87 bits per heavy atom. The Bertz CT molecular complexity index is 1050. The van der Waals surface area contributed by atoms with Crippen LogP contribution in [0.5, 0.6) is 0 Å². The Morgan fingerprint density at radius 1 is 1.17 bits per heavy atom. The number of nitrogens with zero attached hydrogens (tertiary/aromatic N) is 2. The zero-order chi connectivity index (χ0) is 21.3. The van der Waals surface area contributed by atoms with E-state index in [-0.39, 0.29) is 11.9 Å². The van der Waals surface area contributed by atoms with Gasteiger partial charge in [-0.05, 0) is 43.9 Å². The van der Waals surface area contributed by atoms with Crippen molar-refractivity contribution in [3.63, 3.8) is 0 Å². The fourth-order valence-corrected chi connectivity index (χ4v) is 4.09. The van der Waals surface area contributed by atoms with Crippen LogP contribution in [0.2, 0.25) is 10.0 Å². The van der Waals surface area contributed by atoms with Gasteiger partial charge < -0.3 is 15.6 Å². The number of rotatable bonds is 5. The second-order valence-electron chi connectivity index (χ2n) is 7.32. The molecule has 0 atom stereocenters. The monoisotopic (exact) mass is 453 g/mol. The minimum Gasteiger partial charge on any atom is -0.349 e. The first-order valence-electron chi connectivity index (χ1n) is 9.56. The average molecular weight is 454 g/mol. The zero-order valence-electron chi connectivity index (χ0n) is 15.8. The van der Waals surface area contributed by atoms with Crippen LogP contribution in [0.25, 0.3) is 11.2 Å². The number of fused-ring (bicyclic) bond motifs is 1. The van der Waals surface area contributed by atoms with Crippen LogP contribution in [-0.4, -0.2) is 33.3 Å². The highest BCUT2D eigenvalue weighted by molar-refractivity contribution is 6.39. The zero-order valence-corrected chi connectivity index (χ0v) is 17.3. The molecule has 6 nitrogen and oxygen atoms in total. The molecule has 2 heterocycles. The summed E-state index contributed by atoms with van der Waals surface area (Å²) in [6, 6.07) is 6.66. The molecular weight excluding hydrogens is 435 g/mol. The molecule has 4 rings (SSSR count). The van der Waals surface area contributed by atoms with Gasteiger partial charge in [0.25, 0.3) is 5.91 Å². The number of pyridine rings is 1. The Morgan fingerprint density at radius 3 is 2.53 bits per heavy atom. The van der Waals surface area contributed by atoms with Gasteiger partial charge in [0, 0.05) is 18.2 Å². The lowest BCUT2D eigenvalue weighted by Crippen LogP contribution is -2.38. The molecule has 3 N–H and O–H groups in total. The van der Waals surface area contributed by atoms with Crippen molar-refractivity contribution in [1.82, 2.24) is 20.3 Å². The van der Waals surface area contributed by atoms with Crippen molar-refractivity contribution in [1.29, 1.82) is 0 Å². The molecule has 10 heteroatoms. The molecule has 30 heavy (non-hydrogen) atoms. The second kappa shape index (κ2) is 8.73. The number of nitrogens with one attached hydrogen (secondary N) is 3. The minimum absolute atomic E-state index is 0.109. The molecule has 0 bridgehead atoms. The van der Waals surface area contributed by atoms with Gasteiger partial charge in [-0.15, -0.1) is 0 Å². The van der Waals surface area contributed by atoms with Crippen molar-refractivity contribution < 1.29 is 13.6 Å². The summed E-state index contributed by atoms with van der Waals surface area (Å²) in [7, 11) is 0. The van der Waals surface area contributed by atoms with Crippen LogP contribution in [0.4, 0.5) is 20.4 Å². The van der Waals surface area contributed by atoms with Crippen LogP contribution in [0.3, 0.4) is 0 Å². The van der Waals surface area contributed by atoms with Gasteiger partial charge >= 0.3 is 0 Å². The van der Waals surface area contributed by atoms with Crippen LogP contribution in [0.15, 0.2) is 30.5 Å². The van der Waals surface area contributed by atoms with Crippen LogP contribution in [-0.2, 0) is 0 Å². The number of anilines is 2. The molecule has 0 unspecified atom stereocenters. The number of carbonyl (C=O) groups excluding carboxylic acids is 1. The number of imidazole rings is 1. The molecule has 1 aliphatic rings.